The lowest BCUT2D eigenvalue weighted by atomic mass is 10.2. The van der Waals surface area contributed by atoms with Gasteiger partial charge in [0.25, 0.3) is 11.6 Å². The largest absolute Gasteiger partial charge is 0.321 e. The summed E-state index contributed by atoms with van der Waals surface area (Å²) in [6.45, 7) is 0. The average molecular weight is 355 g/mol. The number of nitro benzene ring substituents is 1. The number of non-ortho nitro benzene ring substituents is 1. The first kappa shape index (κ1) is 14.7. The van der Waals surface area contributed by atoms with E-state index in [1.165, 1.54) is 23.5 Å². The summed E-state index contributed by atoms with van der Waals surface area (Å²) in [5.41, 5.74) is 3.28. The Morgan fingerprint density at radius 2 is 1.96 bits per heavy atom. The van der Waals surface area contributed by atoms with Gasteiger partial charge in [-0.3, -0.25) is 14.9 Å². The van der Waals surface area contributed by atoms with Crippen LogP contribution in [0.5, 0.6) is 0 Å². The number of hydrogen-bond acceptors (Lipinski definition) is 6. The molecule has 2 aromatic carbocycles. The average Bonchev–Trinajstić information content (AvgIpc) is 3.19. The molecule has 2 heterocycles. The minimum atomic E-state index is -0.445. The highest BCUT2D eigenvalue weighted by atomic mass is 32.1. The molecule has 0 bridgehead atoms. The van der Waals surface area contributed by atoms with Crippen LogP contribution >= 0.6 is 22.7 Å². The maximum Gasteiger partial charge on any atom is 0.270 e. The predicted octanol–water partition coefficient (Wildman–Crippen LogP) is 4.67. The fourth-order valence-corrected chi connectivity index (χ4v) is 3.98. The zero-order chi connectivity index (χ0) is 16.7. The van der Waals surface area contributed by atoms with Crippen molar-refractivity contribution in [2.45, 2.75) is 0 Å². The number of anilines is 1. The third-order valence-electron chi connectivity index (χ3n) is 3.52. The topological polar surface area (TPSA) is 85.1 Å². The van der Waals surface area contributed by atoms with E-state index in [9.17, 15) is 14.9 Å². The number of benzene rings is 2. The monoisotopic (exact) mass is 355 g/mol. The van der Waals surface area contributed by atoms with Crippen LogP contribution in [0.3, 0.4) is 0 Å². The molecule has 0 saturated carbocycles. The highest BCUT2D eigenvalue weighted by Gasteiger charge is 2.14. The lowest BCUT2D eigenvalue weighted by molar-refractivity contribution is -0.384. The first-order valence-electron chi connectivity index (χ1n) is 6.93. The zero-order valence-electron chi connectivity index (χ0n) is 12.1. The molecule has 0 atom stereocenters. The molecule has 0 aliphatic heterocycles. The van der Waals surface area contributed by atoms with Crippen LogP contribution in [-0.4, -0.2) is 15.8 Å². The van der Waals surface area contributed by atoms with Crippen LogP contribution in [0.2, 0.25) is 0 Å². The summed E-state index contributed by atoms with van der Waals surface area (Å²) in [7, 11) is 0. The Labute approximate surface area is 143 Å². The molecule has 2 aromatic heterocycles. The van der Waals surface area contributed by atoms with Crippen molar-refractivity contribution in [3.63, 3.8) is 0 Å². The van der Waals surface area contributed by atoms with E-state index in [1.54, 1.807) is 29.0 Å². The van der Waals surface area contributed by atoms with Crippen molar-refractivity contribution < 1.29 is 9.72 Å². The molecule has 4 aromatic rings. The summed E-state index contributed by atoms with van der Waals surface area (Å²) in [6, 6.07) is 11.8. The SMILES string of the molecule is O=C(Nc1ccc2scnc2c1)c1cc2cc([N+](=O)[O-])ccc2s1. The molecule has 0 radical (unpaired) electrons. The van der Waals surface area contributed by atoms with E-state index in [4.69, 9.17) is 0 Å². The van der Waals surface area contributed by atoms with Crippen molar-refractivity contribution in [3.8, 4) is 0 Å². The van der Waals surface area contributed by atoms with Crippen LogP contribution < -0.4 is 5.32 Å². The van der Waals surface area contributed by atoms with Gasteiger partial charge in [0.15, 0.2) is 0 Å². The molecular formula is C16H9N3O3S2. The second kappa shape index (κ2) is 5.66. The molecule has 118 valence electrons. The Morgan fingerprint density at radius 1 is 1.12 bits per heavy atom. The smallest absolute Gasteiger partial charge is 0.270 e. The second-order valence-electron chi connectivity index (χ2n) is 5.08. The Bertz CT molecular complexity index is 1100. The van der Waals surface area contributed by atoms with Crippen LogP contribution in [0.4, 0.5) is 11.4 Å². The van der Waals surface area contributed by atoms with Crippen LogP contribution in [0.25, 0.3) is 20.3 Å². The van der Waals surface area contributed by atoms with Gasteiger partial charge < -0.3 is 5.32 Å². The molecule has 0 saturated heterocycles. The van der Waals surface area contributed by atoms with Crippen LogP contribution in [0, 0.1) is 10.1 Å². The summed E-state index contributed by atoms with van der Waals surface area (Å²) >= 11 is 2.84. The Hall–Kier alpha value is -2.84. The number of fused-ring (bicyclic) bond motifs is 2. The summed E-state index contributed by atoms with van der Waals surface area (Å²) in [4.78, 5) is 27.5. The van der Waals surface area contributed by atoms with Gasteiger partial charge in [0.2, 0.25) is 0 Å². The minimum Gasteiger partial charge on any atom is -0.321 e. The molecule has 0 aliphatic carbocycles. The number of rotatable bonds is 3. The normalized spacial score (nSPS) is 11.0. The zero-order valence-corrected chi connectivity index (χ0v) is 13.7. The third kappa shape index (κ3) is 2.61. The second-order valence-corrected chi connectivity index (χ2v) is 7.05. The first-order chi connectivity index (χ1) is 11.6. The third-order valence-corrected chi connectivity index (χ3v) is 5.45. The lowest BCUT2D eigenvalue weighted by Crippen LogP contribution is -2.09. The van der Waals surface area contributed by atoms with Crippen molar-refractivity contribution in [1.29, 1.82) is 0 Å². The van der Waals surface area contributed by atoms with Crippen LogP contribution in [0.1, 0.15) is 9.67 Å². The van der Waals surface area contributed by atoms with Crippen molar-refractivity contribution >= 4 is 60.3 Å². The Balaban J connectivity index is 1.63. The van der Waals surface area contributed by atoms with Gasteiger partial charge in [-0.1, -0.05) is 0 Å². The Kier molecular flexibility index (Phi) is 3.47. The molecule has 0 unspecified atom stereocenters. The highest BCUT2D eigenvalue weighted by molar-refractivity contribution is 7.21. The fraction of sp³-hybridized carbons (Fsp3) is 0. The summed E-state index contributed by atoms with van der Waals surface area (Å²) in [6.07, 6.45) is 0. The number of nitrogens with zero attached hydrogens (tertiary/aromatic N) is 2. The van der Waals surface area contributed by atoms with Gasteiger partial charge in [0, 0.05) is 27.9 Å². The number of hydrogen-bond donors (Lipinski definition) is 1. The summed E-state index contributed by atoms with van der Waals surface area (Å²) in [5.74, 6) is -0.242. The molecule has 0 aliphatic rings. The number of thiophene rings is 1. The summed E-state index contributed by atoms with van der Waals surface area (Å²) < 4.78 is 1.89. The quantitative estimate of drug-likeness (QED) is 0.427. The molecular weight excluding hydrogens is 346 g/mol. The first-order valence-corrected chi connectivity index (χ1v) is 8.62. The number of nitro groups is 1. The maximum atomic E-state index is 12.4. The van der Waals surface area contributed by atoms with Crippen LogP contribution in [0.15, 0.2) is 48.0 Å². The van der Waals surface area contributed by atoms with Gasteiger partial charge in [0.1, 0.15) is 0 Å². The van der Waals surface area contributed by atoms with Gasteiger partial charge in [-0.05, 0) is 30.3 Å². The van der Waals surface area contributed by atoms with Crippen molar-refractivity contribution in [3.05, 3.63) is 63.0 Å². The predicted molar refractivity (Wildman–Crippen MR) is 96.1 cm³/mol. The standard InChI is InChI=1S/C16H9N3O3S2/c20-16(18-10-1-3-14-12(7-10)17-8-23-14)15-6-9-5-11(19(21)22)2-4-13(9)24-15/h1-8H,(H,18,20). The number of aromatic nitrogens is 1. The van der Waals surface area contributed by atoms with E-state index in [0.717, 1.165) is 14.9 Å². The van der Waals surface area contributed by atoms with Crippen molar-refractivity contribution in [2.24, 2.45) is 0 Å². The molecule has 24 heavy (non-hydrogen) atoms. The lowest BCUT2D eigenvalue weighted by Gasteiger charge is -2.02. The summed E-state index contributed by atoms with van der Waals surface area (Å²) in [5, 5.41) is 14.4. The van der Waals surface area contributed by atoms with E-state index in [2.05, 4.69) is 10.3 Å². The highest BCUT2D eigenvalue weighted by Crippen LogP contribution is 2.30. The van der Waals surface area contributed by atoms with E-state index in [0.29, 0.717) is 16.0 Å². The van der Waals surface area contributed by atoms with Gasteiger partial charge in [0.05, 0.1) is 25.5 Å². The van der Waals surface area contributed by atoms with E-state index in [1.807, 2.05) is 18.2 Å². The fourth-order valence-electron chi connectivity index (χ4n) is 2.38. The number of carbonyl (C=O) groups is 1. The molecule has 4 rings (SSSR count). The number of thiazole rings is 1. The molecule has 0 fully saturated rings. The number of nitrogens with one attached hydrogen (secondary N) is 1. The number of carbonyl (C=O) groups excluding carboxylic acids is 1. The minimum absolute atomic E-state index is 0.0150. The van der Waals surface area contributed by atoms with Crippen LogP contribution in [-0.2, 0) is 0 Å². The van der Waals surface area contributed by atoms with Crippen molar-refractivity contribution in [1.82, 2.24) is 4.98 Å². The molecule has 0 spiro atoms. The molecule has 8 heteroatoms. The molecule has 6 nitrogen and oxygen atoms in total. The van der Waals surface area contributed by atoms with Gasteiger partial charge in [-0.15, -0.1) is 22.7 Å². The van der Waals surface area contributed by atoms with E-state index in [-0.39, 0.29) is 11.6 Å². The van der Waals surface area contributed by atoms with Crippen molar-refractivity contribution in [2.75, 3.05) is 5.32 Å². The molecule has 1 N–H and O–H groups in total. The van der Waals surface area contributed by atoms with Gasteiger partial charge in [-0.2, -0.15) is 0 Å². The maximum absolute atomic E-state index is 12.4. The van der Waals surface area contributed by atoms with E-state index >= 15 is 0 Å². The number of amides is 1. The van der Waals surface area contributed by atoms with E-state index < -0.39 is 4.92 Å². The van der Waals surface area contributed by atoms with Gasteiger partial charge in [-0.25, -0.2) is 4.98 Å². The Morgan fingerprint density at radius 3 is 2.79 bits per heavy atom. The van der Waals surface area contributed by atoms with Gasteiger partial charge >= 0.3 is 0 Å². The molecule has 1 amide bonds.